The minimum atomic E-state index is -0.400. The lowest BCUT2D eigenvalue weighted by Crippen LogP contribution is -2.47. The highest BCUT2D eigenvalue weighted by molar-refractivity contribution is 5.84. The van der Waals surface area contributed by atoms with Crippen molar-refractivity contribution in [2.45, 2.75) is 71.0 Å². The number of nitrogens with one attached hydrogen (secondary N) is 5. The van der Waals surface area contributed by atoms with Crippen LogP contribution in [0.15, 0.2) is 128 Å². The molecule has 0 atom stereocenters. The van der Waals surface area contributed by atoms with E-state index in [1.165, 1.54) is 52.0 Å². The molecule has 0 saturated carbocycles. The lowest BCUT2D eigenvalue weighted by Gasteiger charge is -2.43. The predicted octanol–water partition coefficient (Wildman–Crippen LogP) is 10.3. The van der Waals surface area contributed by atoms with Gasteiger partial charge in [-0.1, -0.05) is 66.7 Å². The fourth-order valence-corrected chi connectivity index (χ4v) is 9.73. The van der Waals surface area contributed by atoms with Crippen molar-refractivity contribution >= 4 is 33.4 Å². The molecule has 9 aromatic rings. The molecule has 3 aromatic carbocycles. The first-order chi connectivity index (χ1) is 33.5. The molecular formula is C55H56F2N12. The SMILES string of the molecule is CC1(C)NCCc2c(NCCc3c[nH]c4ccccc34)nc(-c3cncc(F)c3)nc21.CC1(C)c2nc(-c3cncc(F)c3)nc(NCCc3c[nH]c4ccccc34)c2CCN1Cc1ccccc1. The summed E-state index contributed by atoms with van der Waals surface area (Å²) in [7, 11) is 0. The zero-order chi connectivity index (χ0) is 47.5. The van der Waals surface area contributed by atoms with Gasteiger partial charge in [-0.25, -0.2) is 28.7 Å². The maximum Gasteiger partial charge on any atom is 0.163 e. The summed E-state index contributed by atoms with van der Waals surface area (Å²) in [6.45, 7) is 12.7. The van der Waals surface area contributed by atoms with E-state index in [2.05, 4.69) is 142 Å². The van der Waals surface area contributed by atoms with Crippen molar-refractivity contribution in [1.29, 1.82) is 0 Å². The average molecular weight is 923 g/mol. The van der Waals surface area contributed by atoms with Crippen LogP contribution < -0.4 is 16.0 Å². The second kappa shape index (κ2) is 19.3. The number of halogens is 2. The monoisotopic (exact) mass is 922 g/mol. The number of anilines is 2. The summed E-state index contributed by atoms with van der Waals surface area (Å²) in [4.78, 5) is 36.7. The summed E-state index contributed by atoms with van der Waals surface area (Å²) in [6.07, 6.45) is 13.2. The van der Waals surface area contributed by atoms with Crippen LogP contribution in [0.2, 0.25) is 0 Å². The normalized spacial score (nSPS) is 15.0. The third-order valence-corrected chi connectivity index (χ3v) is 13.4. The van der Waals surface area contributed by atoms with E-state index in [1.54, 1.807) is 12.4 Å². The maximum absolute atomic E-state index is 14.1. The Morgan fingerprint density at radius 3 is 1.70 bits per heavy atom. The first-order valence-electron chi connectivity index (χ1n) is 23.7. The highest BCUT2D eigenvalue weighted by Gasteiger charge is 2.38. The fourth-order valence-electron chi connectivity index (χ4n) is 9.73. The van der Waals surface area contributed by atoms with Crippen LogP contribution in [0.1, 0.15) is 66.9 Å². The number of para-hydroxylation sites is 2. The summed E-state index contributed by atoms with van der Waals surface area (Å²) < 4.78 is 27.9. The van der Waals surface area contributed by atoms with Gasteiger partial charge in [-0.05, 0) is 94.3 Å². The predicted molar refractivity (Wildman–Crippen MR) is 270 cm³/mol. The van der Waals surface area contributed by atoms with Crippen LogP contribution in [-0.2, 0) is 43.3 Å². The van der Waals surface area contributed by atoms with Gasteiger partial charge in [0.25, 0.3) is 0 Å². The molecule has 69 heavy (non-hydrogen) atoms. The molecule has 0 saturated heterocycles. The number of H-pyrrole nitrogens is 2. The van der Waals surface area contributed by atoms with E-state index in [4.69, 9.17) is 19.9 Å². The number of hydrogen-bond donors (Lipinski definition) is 5. The topological polar surface area (TPSA) is 148 Å². The summed E-state index contributed by atoms with van der Waals surface area (Å²) in [5.74, 6) is 1.81. The van der Waals surface area contributed by atoms with Gasteiger partial charge >= 0.3 is 0 Å². The van der Waals surface area contributed by atoms with E-state index < -0.39 is 11.6 Å². The van der Waals surface area contributed by atoms with Crippen LogP contribution in [-0.4, -0.2) is 71.0 Å². The van der Waals surface area contributed by atoms with Gasteiger partial charge in [-0.2, -0.15) is 0 Å². The van der Waals surface area contributed by atoms with Crippen LogP contribution in [0.3, 0.4) is 0 Å². The quantitative estimate of drug-likeness (QED) is 0.0802. The summed E-state index contributed by atoms with van der Waals surface area (Å²) >= 11 is 0. The van der Waals surface area contributed by atoms with Crippen molar-refractivity contribution in [2.75, 3.05) is 36.8 Å². The molecule has 0 fully saturated rings. The van der Waals surface area contributed by atoms with Crippen LogP contribution >= 0.6 is 0 Å². The van der Waals surface area contributed by atoms with Crippen molar-refractivity contribution in [2.24, 2.45) is 0 Å². The number of hydrogen-bond acceptors (Lipinski definition) is 10. The third-order valence-electron chi connectivity index (χ3n) is 13.4. The fraction of sp³-hybridized carbons (Fsp3) is 0.273. The van der Waals surface area contributed by atoms with E-state index in [0.29, 0.717) is 22.8 Å². The van der Waals surface area contributed by atoms with Crippen molar-refractivity contribution in [3.05, 3.63) is 179 Å². The first kappa shape index (κ1) is 45.4. The van der Waals surface area contributed by atoms with E-state index in [0.717, 1.165) is 104 Å². The molecule has 2 aliphatic rings. The smallest absolute Gasteiger partial charge is 0.163 e. The summed E-state index contributed by atoms with van der Waals surface area (Å²) in [5, 5.41) is 13.1. The van der Waals surface area contributed by atoms with E-state index >= 15 is 0 Å². The Labute approximate surface area is 400 Å². The van der Waals surface area contributed by atoms with Crippen LogP contribution in [0.25, 0.3) is 44.6 Å². The second-order valence-electron chi connectivity index (χ2n) is 18.8. The van der Waals surface area contributed by atoms with E-state index in [-0.39, 0.29) is 11.1 Å². The second-order valence-corrected chi connectivity index (χ2v) is 18.8. The molecule has 14 heteroatoms. The number of fused-ring (bicyclic) bond motifs is 4. The molecule has 6 aromatic heterocycles. The zero-order valence-electron chi connectivity index (χ0n) is 39.4. The number of aromatic amines is 2. The number of aromatic nitrogens is 8. The molecular weight excluding hydrogens is 867 g/mol. The van der Waals surface area contributed by atoms with Gasteiger partial charge in [-0.15, -0.1) is 0 Å². The van der Waals surface area contributed by atoms with Crippen molar-refractivity contribution in [3.63, 3.8) is 0 Å². The molecule has 8 heterocycles. The lowest BCUT2D eigenvalue weighted by molar-refractivity contribution is 0.0937. The Bertz CT molecular complexity index is 3250. The Balaban J connectivity index is 0.000000164. The highest BCUT2D eigenvalue weighted by Crippen LogP contribution is 2.39. The molecule has 350 valence electrons. The van der Waals surface area contributed by atoms with Crippen LogP contribution in [0.4, 0.5) is 20.4 Å². The summed E-state index contributed by atoms with van der Waals surface area (Å²) in [6, 6.07) is 30.0. The van der Waals surface area contributed by atoms with Gasteiger partial charge in [0.05, 0.1) is 34.9 Å². The minimum absolute atomic E-state index is 0.292. The van der Waals surface area contributed by atoms with Crippen LogP contribution in [0.5, 0.6) is 0 Å². The van der Waals surface area contributed by atoms with Crippen molar-refractivity contribution in [3.8, 4) is 22.8 Å². The lowest BCUT2D eigenvalue weighted by atomic mass is 9.87. The van der Waals surface area contributed by atoms with Gasteiger partial charge < -0.3 is 25.9 Å². The third kappa shape index (κ3) is 9.68. The molecule has 0 amide bonds. The van der Waals surface area contributed by atoms with Gasteiger partial charge in [0.2, 0.25) is 0 Å². The van der Waals surface area contributed by atoms with Crippen molar-refractivity contribution in [1.82, 2.24) is 50.1 Å². The largest absolute Gasteiger partial charge is 0.369 e. The Kier molecular flexibility index (Phi) is 12.7. The maximum atomic E-state index is 14.1. The van der Waals surface area contributed by atoms with Gasteiger partial charge in [0.1, 0.15) is 23.3 Å². The number of nitrogens with zero attached hydrogens (tertiary/aromatic N) is 7. The zero-order valence-corrected chi connectivity index (χ0v) is 39.4. The number of pyridine rings is 2. The molecule has 12 nitrogen and oxygen atoms in total. The molecule has 0 unspecified atom stereocenters. The van der Waals surface area contributed by atoms with Gasteiger partial charge in [-0.3, -0.25) is 14.9 Å². The minimum Gasteiger partial charge on any atom is -0.369 e. The van der Waals surface area contributed by atoms with Gasteiger partial charge in [0.15, 0.2) is 11.6 Å². The Morgan fingerprint density at radius 2 is 1.13 bits per heavy atom. The molecule has 0 aliphatic carbocycles. The molecule has 0 spiro atoms. The van der Waals surface area contributed by atoms with E-state index in [9.17, 15) is 8.78 Å². The Morgan fingerprint density at radius 1 is 0.609 bits per heavy atom. The molecule has 5 N–H and O–H groups in total. The highest BCUT2D eigenvalue weighted by atomic mass is 19.1. The molecule has 0 bridgehead atoms. The Hall–Kier alpha value is -7.42. The number of benzene rings is 3. The van der Waals surface area contributed by atoms with Crippen LogP contribution in [0, 0.1) is 11.6 Å². The molecule has 11 rings (SSSR count). The average Bonchev–Trinajstić information content (AvgIpc) is 3.97. The first-order valence-corrected chi connectivity index (χ1v) is 23.7. The van der Waals surface area contributed by atoms with E-state index in [1.807, 2.05) is 18.2 Å². The molecule has 2 aliphatic heterocycles. The van der Waals surface area contributed by atoms with Crippen molar-refractivity contribution < 1.29 is 8.78 Å². The number of rotatable bonds is 12. The summed E-state index contributed by atoms with van der Waals surface area (Å²) in [5.41, 5.74) is 10.8. The van der Waals surface area contributed by atoms with Gasteiger partial charge in [0, 0.05) is 102 Å². The molecule has 0 radical (unpaired) electrons. The standard InChI is InChI=1S/C31H31FN6.C24H25FN6/c1-31(2)28-26(13-15-38(31)20-21-8-4-3-5-9-21)30(37-29(36-28)23-16-24(32)19-33-17-23)34-14-12-22-18-35-27-11-7-6-10-25(22)27;1-24(2)21-19(8-10-29-24)23(31-22(30-21)16-11-17(25)14-26-12-16)27-9-7-15-13-28-20-6-4-3-5-18(15)20/h3-11,16-19,35H,12-15,20H2,1-2H3,(H,34,36,37);3-6,11-14,28-29H,7-10H2,1-2H3,(H,27,30,31).